The Morgan fingerprint density at radius 3 is 2.79 bits per heavy atom. The fraction of sp³-hybridized carbons (Fsp3) is 0.364. The Hall–Kier alpha value is -3.22. The van der Waals surface area contributed by atoms with Crippen LogP contribution in [0, 0.1) is 10.1 Å². The fourth-order valence-corrected chi connectivity index (χ4v) is 4.18. The zero-order valence-corrected chi connectivity index (χ0v) is 17.2. The van der Waals surface area contributed by atoms with Crippen molar-refractivity contribution in [2.24, 2.45) is 5.10 Å². The number of non-ortho nitro benzene ring substituents is 1. The second kappa shape index (κ2) is 8.03. The molecule has 0 fully saturated rings. The third-order valence-corrected chi connectivity index (χ3v) is 5.42. The number of nitrogens with zero attached hydrogens (tertiary/aromatic N) is 3. The van der Waals surface area contributed by atoms with Crippen LogP contribution in [0.15, 0.2) is 47.6 Å². The number of nitrogens with one attached hydrogen (secondary N) is 1. The number of rotatable bonds is 5. The maximum absolute atomic E-state index is 12.2. The summed E-state index contributed by atoms with van der Waals surface area (Å²) in [5.74, 6) is -0.0641. The molecule has 2 aromatic rings. The van der Waals surface area contributed by atoms with E-state index in [1.165, 1.54) is 35.5 Å². The van der Waals surface area contributed by atoms with E-state index >= 15 is 0 Å². The molecule has 29 heavy (non-hydrogen) atoms. The van der Waals surface area contributed by atoms with Gasteiger partial charge in [-0.25, -0.2) is 5.43 Å². The summed E-state index contributed by atoms with van der Waals surface area (Å²) in [5.41, 5.74) is 6.03. The topological polar surface area (TPSA) is 87.8 Å². The van der Waals surface area contributed by atoms with Crippen molar-refractivity contribution in [3.05, 3.63) is 69.3 Å². The van der Waals surface area contributed by atoms with E-state index in [9.17, 15) is 14.9 Å². The Labute approximate surface area is 170 Å². The van der Waals surface area contributed by atoms with Crippen molar-refractivity contribution in [2.45, 2.75) is 45.6 Å². The molecule has 0 aromatic heterocycles. The molecule has 1 amide bonds. The number of hydrazone groups is 1. The van der Waals surface area contributed by atoms with Crippen molar-refractivity contribution in [1.29, 1.82) is 0 Å². The van der Waals surface area contributed by atoms with E-state index in [4.69, 9.17) is 0 Å². The van der Waals surface area contributed by atoms with Crippen molar-refractivity contribution in [2.75, 3.05) is 11.4 Å². The molecular formula is C22H26N4O3. The largest absolute Gasteiger partial charge is 0.366 e. The second-order valence-corrected chi connectivity index (χ2v) is 7.99. The summed E-state index contributed by atoms with van der Waals surface area (Å²) in [6.45, 7) is 9.89. The summed E-state index contributed by atoms with van der Waals surface area (Å²) < 4.78 is 0. The van der Waals surface area contributed by atoms with Gasteiger partial charge in [0.25, 0.3) is 11.6 Å². The average Bonchev–Trinajstić information content (AvgIpc) is 2.68. The number of hydrogen-bond acceptors (Lipinski definition) is 5. The molecule has 7 nitrogen and oxygen atoms in total. The van der Waals surface area contributed by atoms with Crippen molar-refractivity contribution >= 4 is 23.5 Å². The summed E-state index contributed by atoms with van der Waals surface area (Å²) in [5, 5.41) is 14.9. The van der Waals surface area contributed by atoms with Crippen LogP contribution in [0.1, 0.15) is 61.5 Å². The summed E-state index contributed by atoms with van der Waals surface area (Å²) in [4.78, 5) is 24.9. The van der Waals surface area contributed by atoms with Crippen LogP contribution >= 0.6 is 0 Å². The molecule has 0 saturated heterocycles. The number of carbonyl (C=O) groups is 1. The predicted molar refractivity (Wildman–Crippen MR) is 115 cm³/mol. The molecule has 1 heterocycles. The van der Waals surface area contributed by atoms with Gasteiger partial charge >= 0.3 is 0 Å². The van der Waals surface area contributed by atoms with Crippen molar-refractivity contribution in [3.8, 4) is 0 Å². The normalized spacial score (nSPS) is 17.8. The molecule has 1 aliphatic heterocycles. The zero-order valence-electron chi connectivity index (χ0n) is 17.2. The molecule has 2 aromatic carbocycles. The quantitative estimate of drug-likeness (QED) is 0.460. The molecule has 0 bridgehead atoms. The van der Waals surface area contributed by atoms with Gasteiger partial charge in [0.2, 0.25) is 0 Å². The van der Waals surface area contributed by atoms with E-state index in [0.717, 1.165) is 18.5 Å². The van der Waals surface area contributed by atoms with E-state index in [2.05, 4.69) is 55.3 Å². The number of benzene rings is 2. The number of amides is 1. The van der Waals surface area contributed by atoms with Gasteiger partial charge < -0.3 is 4.90 Å². The lowest BCUT2D eigenvalue weighted by Crippen LogP contribution is -2.48. The number of nitro groups is 1. The minimum atomic E-state index is -0.533. The predicted octanol–water partition coefficient (Wildman–Crippen LogP) is 4.47. The molecule has 152 valence electrons. The standard InChI is InChI=1S/C22H26N4O3/c1-5-25-20-10-9-16(11-19(20)15(2)13-22(25,3)4)14-23-24-21(27)17-7-6-8-18(12-17)26(28)29/h6-12,14-15H,5,13H2,1-4H3,(H,24,27)/b23-14-/t15-/m0/s1. The van der Waals surface area contributed by atoms with Crippen LogP contribution in [-0.4, -0.2) is 29.1 Å². The van der Waals surface area contributed by atoms with Crippen molar-refractivity contribution < 1.29 is 9.72 Å². The van der Waals surface area contributed by atoms with Gasteiger partial charge in [0, 0.05) is 35.5 Å². The first-order chi connectivity index (χ1) is 13.7. The van der Waals surface area contributed by atoms with Crippen LogP contribution in [0.5, 0.6) is 0 Å². The van der Waals surface area contributed by atoms with Gasteiger partial charge in [-0.05, 0) is 62.4 Å². The molecule has 0 saturated carbocycles. The third kappa shape index (κ3) is 4.29. The van der Waals surface area contributed by atoms with Crippen LogP contribution < -0.4 is 10.3 Å². The fourth-order valence-electron chi connectivity index (χ4n) is 4.18. The van der Waals surface area contributed by atoms with Crippen LogP contribution in [-0.2, 0) is 0 Å². The maximum Gasteiger partial charge on any atom is 0.271 e. The molecule has 0 unspecified atom stereocenters. The molecule has 3 rings (SSSR count). The molecule has 0 aliphatic carbocycles. The number of fused-ring (bicyclic) bond motifs is 1. The second-order valence-electron chi connectivity index (χ2n) is 7.99. The van der Waals surface area contributed by atoms with Gasteiger partial charge in [-0.15, -0.1) is 0 Å². The van der Waals surface area contributed by atoms with E-state index in [1.54, 1.807) is 6.21 Å². The minimum Gasteiger partial charge on any atom is -0.366 e. The first-order valence-corrected chi connectivity index (χ1v) is 9.72. The zero-order chi connectivity index (χ0) is 21.2. The summed E-state index contributed by atoms with van der Waals surface area (Å²) in [6.07, 6.45) is 2.66. The Balaban J connectivity index is 1.75. The third-order valence-electron chi connectivity index (χ3n) is 5.42. The average molecular weight is 394 g/mol. The Morgan fingerprint density at radius 2 is 2.10 bits per heavy atom. The molecular weight excluding hydrogens is 368 g/mol. The Kier molecular flexibility index (Phi) is 5.68. The van der Waals surface area contributed by atoms with Crippen LogP contribution in [0.2, 0.25) is 0 Å². The smallest absolute Gasteiger partial charge is 0.271 e. The van der Waals surface area contributed by atoms with Crippen molar-refractivity contribution in [3.63, 3.8) is 0 Å². The lowest BCUT2D eigenvalue weighted by atomic mass is 9.79. The first-order valence-electron chi connectivity index (χ1n) is 9.72. The molecule has 0 radical (unpaired) electrons. The van der Waals surface area contributed by atoms with Crippen LogP contribution in [0.25, 0.3) is 0 Å². The minimum absolute atomic E-state index is 0.114. The van der Waals surface area contributed by atoms with E-state index in [-0.39, 0.29) is 16.8 Å². The highest BCUT2D eigenvalue weighted by atomic mass is 16.6. The monoisotopic (exact) mass is 394 g/mol. The molecule has 7 heteroatoms. The van der Waals surface area contributed by atoms with Gasteiger partial charge in [-0.2, -0.15) is 5.10 Å². The summed E-state index contributed by atoms with van der Waals surface area (Å²) in [6, 6.07) is 11.8. The Bertz CT molecular complexity index is 968. The number of carbonyl (C=O) groups excluding carboxylic acids is 1. The molecule has 1 N–H and O–H groups in total. The van der Waals surface area contributed by atoms with E-state index in [1.807, 2.05) is 6.07 Å². The highest BCUT2D eigenvalue weighted by Gasteiger charge is 2.35. The lowest BCUT2D eigenvalue weighted by Gasteiger charge is -2.47. The van der Waals surface area contributed by atoms with Gasteiger partial charge in [-0.1, -0.05) is 19.1 Å². The molecule has 1 atom stereocenters. The lowest BCUT2D eigenvalue weighted by molar-refractivity contribution is -0.384. The number of hydrogen-bond donors (Lipinski definition) is 1. The summed E-state index contributed by atoms with van der Waals surface area (Å²) >= 11 is 0. The SMILES string of the molecule is CCN1c2ccc(/C=N\NC(=O)c3cccc([N+](=O)[O-])c3)cc2[C@@H](C)CC1(C)C. The van der Waals surface area contributed by atoms with Crippen LogP contribution in [0.4, 0.5) is 11.4 Å². The van der Waals surface area contributed by atoms with Gasteiger partial charge in [0.1, 0.15) is 0 Å². The first kappa shape index (κ1) is 20.5. The van der Waals surface area contributed by atoms with Gasteiger partial charge in [-0.3, -0.25) is 14.9 Å². The highest BCUT2D eigenvalue weighted by Crippen LogP contribution is 2.43. The maximum atomic E-state index is 12.2. The summed E-state index contributed by atoms with van der Waals surface area (Å²) in [7, 11) is 0. The van der Waals surface area contributed by atoms with Gasteiger partial charge in [0.15, 0.2) is 0 Å². The van der Waals surface area contributed by atoms with Crippen molar-refractivity contribution in [1.82, 2.24) is 5.43 Å². The Morgan fingerprint density at radius 1 is 1.34 bits per heavy atom. The number of nitro benzene ring substituents is 1. The van der Waals surface area contributed by atoms with E-state index < -0.39 is 10.8 Å². The van der Waals surface area contributed by atoms with Crippen LogP contribution in [0.3, 0.4) is 0 Å². The van der Waals surface area contributed by atoms with E-state index in [0.29, 0.717) is 5.92 Å². The number of anilines is 1. The molecule has 1 aliphatic rings. The molecule has 0 spiro atoms. The van der Waals surface area contributed by atoms with Gasteiger partial charge in [0.05, 0.1) is 11.1 Å². The highest BCUT2D eigenvalue weighted by molar-refractivity contribution is 5.95.